The SMILES string of the molecule is CN(C)CCN1CCCC(C(=O)O)C1(C)C. The van der Waals surface area contributed by atoms with Crippen LogP contribution in [-0.4, -0.2) is 60.1 Å². The zero-order valence-electron chi connectivity index (χ0n) is 10.9. The van der Waals surface area contributed by atoms with Crippen molar-refractivity contribution in [3.8, 4) is 0 Å². The summed E-state index contributed by atoms with van der Waals surface area (Å²) in [6.45, 7) is 7.06. The van der Waals surface area contributed by atoms with Crippen LogP contribution in [0.5, 0.6) is 0 Å². The number of carboxylic acid groups (broad SMARTS) is 1. The van der Waals surface area contributed by atoms with Gasteiger partial charge in [0, 0.05) is 18.6 Å². The minimum Gasteiger partial charge on any atom is -0.481 e. The molecule has 1 N–H and O–H groups in total. The van der Waals surface area contributed by atoms with E-state index in [1.807, 2.05) is 14.1 Å². The maximum Gasteiger partial charge on any atom is 0.308 e. The molecule has 0 spiro atoms. The lowest BCUT2D eigenvalue weighted by atomic mass is 9.79. The van der Waals surface area contributed by atoms with Crippen molar-refractivity contribution in [1.82, 2.24) is 9.80 Å². The fourth-order valence-corrected chi connectivity index (χ4v) is 2.49. The summed E-state index contributed by atoms with van der Waals surface area (Å²) in [5.74, 6) is -0.886. The van der Waals surface area contributed by atoms with E-state index in [9.17, 15) is 9.90 Å². The number of carboxylic acids is 1. The molecule has 16 heavy (non-hydrogen) atoms. The van der Waals surface area contributed by atoms with Crippen LogP contribution in [0.2, 0.25) is 0 Å². The number of hydrogen-bond acceptors (Lipinski definition) is 3. The summed E-state index contributed by atoms with van der Waals surface area (Å²) in [4.78, 5) is 15.7. The van der Waals surface area contributed by atoms with E-state index >= 15 is 0 Å². The molecule has 0 aromatic rings. The van der Waals surface area contributed by atoms with Crippen LogP contribution in [-0.2, 0) is 4.79 Å². The zero-order chi connectivity index (χ0) is 12.3. The Hall–Kier alpha value is -0.610. The third-order valence-corrected chi connectivity index (χ3v) is 3.70. The minimum atomic E-state index is -0.653. The van der Waals surface area contributed by atoms with E-state index < -0.39 is 5.97 Å². The van der Waals surface area contributed by atoms with Gasteiger partial charge in [-0.1, -0.05) is 0 Å². The van der Waals surface area contributed by atoms with Gasteiger partial charge in [-0.3, -0.25) is 9.69 Å². The Kier molecular flexibility index (Phi) is 4.33. The predicted octanol–water partition coefficient (Wildman–Crippen LogP) is 1.12. The molecule has 0 aromatic carbocycles. The number of likely N-dealkylation sites (N-methyl/N-ethyl adjacent to an activating group) is 1. The molecule has 0 saturated carbocycles. The molecule has 1 heterocycles. The van der Waals surface area contributed by atoms with Gasteiger partial charge in [0.25, 0.3) is 0 Å². The molecule has 1 unspecified atom stereocenters. The third-order valence-electron chi connectivity index (χ3n) is 3.70. The smallest absolute Gasteiger partial charge is 0.308 e. The van der Waals surface area contributed by atoms with Crippen molar-refractivity contribution in [3.05, 3.63) is 0 Å². The normalized spacial score (nSPS) is 25.9. The first-order valence-electron chi connectivity index (χ1n) is 5.98. The van der Waals surface area contributed by atoms with Crippen LogP contribution in [0.15, 0.2) is 0 Å². The lowest BCUT2D eigenvalue weighted by molar-refractivity contribution is -0.149. The molecule has 1 rings (SSSR count). The summed E-state index contributed by atoms with van der Waals surface area (Å²) in [7, 11) is 4.09. The summed E-state index contributed by atoms with van der Waals surface area (Å²) in [5, 5.41) is 9.23. The lowest BCUT2D eigenvalue weighted by Gasteiger charge is -2.46. The second-order valence-electron chi connectivity index (χ2n) is 5.48. The van der Waals surface area contributed by atoms with Crippen molar-refractivity contribution in [2.75, 3.05) is 33.7 Å². The Balaban J connectivity index is 2.66. The van der Waals surface area contributed by atoms with E-state index in [0.29, 0.717) is 0 Å². The van der Waals surface area contributed by atoms with Gasteiger partial charge in [-0.05, 0) is 47.3 Å². The molecule has 0 amide bonds. The Morgan fingerprint density at radius 1 is 1.50 bits per heavy atom. The maximum absolute atomic E-state index is 11.2. The molecule has 0 bridgehead atoms. The monoisotopic (exact) mass is 228 g/mol. The fraction of sp³-hybridized carbons (Fsp3) is 0.917. The van der Waals surface area contributed by atoms with Crippen LogP contribution < -0.4 is 0 Å². The molecular formula is C12H24N2O2. The second-order valence-corrected chi connectivity index (χ2v) is 5.48. The van der Waals surface area contributed by atoms with Crippen molar-refractivity contribution in [2.24, 2.45) is 5.92 Å². The number of piperidine rings is 1. The predicted molar refractivity (Wildman–Crippen MR) is 64.6 cm³/mol. The quantitative estimate of drug-likeness (QED) is 0.783. The maximum atomic E-state index is 11.2. The summed E-state index contributed by atoms with van der Waals surface area (Å²) >= 11 is 0. The van der Waals surface area contributed by atoms with Crippen molar-refractivity contribution in [3.63, 3.8) is 0 Å². The zero-order valence-corrected chi connectivity index (χ0v) is 10.9. The molecule has 0 radical (unpaired) electrons. The lowest BCUT2D eigenvalue weighted by Crippen LogP contribution is -2.56. The second kappa shape index (κ2) is 5.15. The molecule has 0 aromatic heterocycles. The minimum absolute atomic E-state index is 0.222. The van der Waals surface area contributed by atoms with Gasteiger partial charge in [-0.2, -0.15) is 0 Å². The Morgan fingerprint density at radius 3 is 2.62 bits per heavy atom. The summed E-state index contributed by atoms with van der Waals surface area (Å²) < 4.78 is 0. The van der Waals surface area contributed by atoms with Crippen LogP contribution >= 0.6 is 0 Å². The van der Waals surface area contributed by atoms with Gasteiger partial charge < -0.3 is 10.0 Å². The van der Waals surface area contributed by atoms with Crippen LogP contribution in [0.3, 0.4) is 0 Å². The molecule has 94 valence electrons. The van der Waals surface area contributed by atoms with Crippen LogP contribution in [0.4, 0.5) is 0 Å². The first kappa shape index (κ1) is 13.5. The highest BCUT2D eigenvalue weighted by Crippen LogP contribution is 2.33. The number of likely N-dealkylation sites (tertiary alicyclic amines) is 1. The molecule has 1 fully saturated rings. The van der Waals surface area contributed by atoms with Crippen LogP contribution in [0.25, 0.3) is 0 Å². The van der Waals surface area contributed by atoms with Gasteiger partial charge in [-0.15, -0.1) is 0 Å². The van der Waals surface area contributed by atoms with Crippen molar-refractivity contribution in [1.29, 1.82) is 0 Å². The highest BCUT2D eigenvalue weighted by molar-refractivity contribution is 5.71. The van der Waals surface area contributed by atoms with E-state index in [-0.39, 0.29) is 11.5 Å². The Morgan fingerprint density at radius 2 is 2.12 bits per heavy atom. The van der Waals surface area contributed by atoms with E-state index in [2.05, 4.69) is 23.6 Å². The van der Waals surface area contributed by atoms with Gasteiger partial charge in [0.05, 0.1) is 5.92 Å². The molecule has 4 heteroatoms. The standard InChI is InChI=1S/C12H24N2O2/c1-12(2)10(11(15)16)6-5-7-14(12)9-8-13(3)4/h10H,5-9H2,1-4H3,(H,15,16). The van der Waals surface area contributed by atoms with Gasteiger partial charge in [0.2, 0.25) is 0 Å². The van der Waals surface area contributed by atoms with Crippen molar-refractivity contribution in [2.45, 2.75) is 32.2 Å². The molecule has 1 atom stereocenters. The van der Waals surface area contributed by atoms with E-state index in [4.69, 9.17) is 0 Å². The van der Waals surface area contributed by atoms with Crippen LogP contribution in [0.1, 0.15) is 26.7 Å². The van der Waals surface area contributed by atoms with Crippen molar-refractivity contribution >= 4 is 5.97 Å². The van der Waals surface area contributed by atoms with Crippen molar-refractivity contribution < 1.29 is 9.90 Å². The highest BCUT2D eigenvalue weighted by Gasteiger charge is 2.42. The first-order valence-corrected chi connectivity index (χ1v) is 5.98. The highest BCUT2D eigenvalue weighted by atomic mass is 16.4. The summed E-state index contributed by atoms with van der Waals surface area (Å²) in [6.07, 6.45) is 1.80. The molecule has 1 saturated heterocycles. The van der Waals surface area contributed by atoms with Crippen LogP contribution in [0, 0.1) is 5.92 Å². The van der Waals surface area contributed by atoms with Gasteiger partial charge >= 0.3 is 5.97 Å². The Labute approximate surface area is 98.2 Å². The third kappa shape index (κ3) is 2.95. The van der Waals surface area contributed by atoms with Gasteiger partial charge in [-0.25, -0.2) is 0 Å². The number of nitrogens with zero attached hydrogens (tertiary/aromatic N) is 2. The number of hydrogen-bond donors (Lipinski definition) is 1. The van der Waals surface area contributed by atoms with E-state index in [0.717, 1.165) is 32.5 Å². The van der Waals surface area contributed by atoms with Gasteiger partial charge in [0.15, 0.2) is 0 Å². The topological polar surface area (TPSA) is 43.8 Å². The summed E-state index contributed by atoms with van der Waals surface area (Å²) in [6, 6.07) is 0. The summed E-state index contributed by atoms with van der Waals surface area (Å²) in [5.41, 5.74) is -0.222. The average molecular weight is 228 g/mol. The molecule has 4 nitrogen and oxygen atoms in total. The van der Waals surface area contributed by atoms with Gasteiger partial charge in [0.1, 0.15) is 0 Å². The Bertz CT molecular complexity index is 251. The van der Waals surface area contributed by atoms with E-state index in [1.165, 1.54) is 0 Å². The number of aliphatic carboxylic acids is 1. The number of carbonyl (C=O) groups is 1. The molecule has 1 aliphatic heterocycles. The van der Waals surface area contributed by atoms with E-state index in [1.54, 1.807) is 0 Å². The number of rotatable bonds is 4. The molecule has 1 aliphatic rings. The molecular weight excluding hydrogens is 204 g/mol. The molecule has 0 aliphatic carbocycles. The first-order chi connectivity index (χ1) is 7.35. The fourth-order valence-electron chi connectivity index (χ4n) is 2.49. The average Bonchev–Trinajstić information content (AvgIpc) is 2.14. The largest absolute Gasteiger partial charge is 0.481 e.